The van der Waals surface area contributed by atoms with Gasteiger partial charge in [-0.15, -0.1) is 23.2 Å². The summed E-state index contributed by atoms with van der Waals surface area (Å²) in [6, 6.07) is 24.0. The fourth-order valence-electron chi connectivity index (χ4n) is 3.81. The molecule has 10 heteroatoms. The van der Waals surface area contributed by atoms with Crippen LogP contribution < -0.4 is 15.5 Å². The van der Waals surface area contributed by atoms with Crippen LogP contribution in [0.5, 0.6) is 0 Å². The van der Waals surface area contributed by atoms with E-state index in [4.69, 9.17) is 32.7 Å². The molecule has 0 aliphatic heterocycles. The van der Waals surface area contributed by atoms with Crippen molar-refractivity contribution in [1.82, 2.24) is 5.32 Å². The zero-order valence-corrected chi connectivity index (χ0v) is 23.6. The van der Waals surface area contributed by atoms with Crippen molar-refractivity contribution in [3.05, 3.63) is 96.1 Å². The van der Waals surface area contributed by atoms with E-state index in [-0.39, 0.29) is 26.1 Å². The van der Waals surface area contributed by atoms with Gasteiger partial charge in [-0.3, -0.25) is 4.79 Å². The van der Waals surface area contributed by atoms with Crippen molar-refractivity contribution in [2.24, 2.45) is 0 Å². The topological polar surface area (TPSA) is 97.0 Å². The van der Waals surface area contributed by atoms with Crippen LogP contribution in [-0.4, -0.2) is 48.9 Å². The molecule has 0 aliphatic rings. The molecule has 0 aliphatic carbocycles. The molecule has 3 aromatic rings. The number of urea groups is 1. The van der Waals surface area contributed by atoms with Crippen LogP contribution >= 0.6 is 23.2 Å². The predicted molar refractivity (Wildman–Crippen MR) is 158 cm³/mol. The van der Waals surface area contributed by atoms with E-state index in [2.05, 4.69) is 10.6 Å². The molecule has 0 aromatic heterocycles. The van der Waals surface area contributed by atoms with Gasteiger partial charge in [0.25, 0.3) is 0 Å². The number of alkyl halides is 2. The first-order valence-electron chi connectivity index (χ1n) is 12.9. The second-order valence-electron chi connectivity index (χ2n) is 8.84. The molecule has 0 heterocycles. The SMILES string of the molecule is O=C(Nc1ccc(N(CCCl)CCCl)cc1)N[C@H](CCC(=O)OCc1ccccc1)C(=O)OCc1ccccc1. The molecule has 0 bridgehead atoms. The van der Waals surface area contributed by atoms with E-state index >= 15 is 0 Å². The van der Waals surface area contributed by atoms with E-state index in [0.717, 1.165) is 16.8 Å². The van der Waals surface area contributed by atoms with Crippen molar-refractivity contribution in [2.75, 3.05) is 35.1 Å². The molecule has 0 fully saturated rings. The van der Waals surface area contributed by atoms with Gasteiger partial charge >= 0.3 is 18.0 Å². The van der Waals surface area contributed by atoms with Crippen molar-refractivity contribution in [2.45, 2.75) is 32.1 Å². The van der Waals surface area contributed by atoms with Gasteiger partial charge in [0, 0.05) is 42.6 Å². The van der Waals surface area contributed by atoms with E-state index in [9.17, 15) is 14.4 Å². The molecule has 0 unspecified atom stereocenters. The quantitative estimate of drug-likeness (QED) is 0.175. The van der Waals surface area contributed by atoms with Gasteiger partial charge in [0.2, 0.25) is 0 Å². The van der Waals surface area contributed by atoms with Gasteiger partial charge in [0.15, 0.2) is 0 Å². The van der Waals surface area contributed by atoms with Crippen LogP contribution in [0.2, 0.25) is 0 Å². The Morgan fingerprint density at radius 2 is 1.30 bits per heavy atom. The Hall–Kier alpha value is -3.75. The lowest BCUT2D eigenvalue weighted by molar-refractivity contribution is -0.148. The molecule has 3 rings (SSSR count). The first kappa shape index (κ1) is 30.8. The number of amides is 2. The number of hydrogen-bond acceptors (Lipinski definition) is 6. The number of carbonyl (C=O) groups excluding carboxylic acids is 3. The molecular formula is C30H33Cl2N3O5. The van der Waals surface area contributed by atoms with E-state index in [0.29, 0.717) is 30.5 Å². The number of halogens is 2. The molecule has 40 heavy (non-hydrogen) atoms. The number of nitrogens with one attached hydrogen (secondary N) is 2. The summed E-state index contributed by atoms with van der Waals surface area (Å²) >= 11 is 11.8. The molecule has 2 amide bonds. The summed E-state index contributed by atoms with van der Waals surface area (Å²) in [5.74, 6) is -0.217. The minimum Gasteiger partial charge on any atom is -0.461 e. The molecule has 8 nitrogen and oxygen atoms in total. The zero-order chi connectivity index (χ0) is 28.6. The van der Waals surface area contributed by atoms with Gasteiger partial charge < -0.3 is 25.0 Å². The summed E-state index contributed by atoms with van der Waals surface area (Å²) in [6.45, 7) is 1.45. The van der Waals surface area contributed by atoms with Crippen molar-refractivity contribution in [3.63, 3.8) is 0 Å². The fraction of sp³-hybridized carbons (Fsp3) is 0.300. The summed E-state index contributed by atoms with van der Waals surface area (Å²) < 4.78 is 10.7. The Kier molecular flexibility index (Phi) is 13.1. The van der Waals surface area contributed by atoms with Crippen LogP contribution in [0.25, 0.3) is 0 Å². The number of rotatable bonds is 15. The molecule has 212 valence electrons. The standard InChI is InChI=1S/C30H33Cl2N3O5/c31-17-19-35(20-18-32)26-13-11-25(12-14-26)33-30(38)34-27(29(37)40-22-24-9-5-2-6-10-24)15-16-28(36)39-21-23-7-3-1-4-8-23/h1-14,27H,15-22H2,(H2,33,34,38)/t27-/m1/s1. The third-order valence-electron chi connectivity index (χ3n) is 5.89. The average Bonchev–Trinajstić information content (AvgIpc) is 2.98. The van der Waals surface area contributed by atoms with Crippen molar-refractivity contribution in [1.29, 1.82) is 0 Å². The van der Waals surface area contributed by atoms with Crippen LogP contribution in [0, 0.1) is 0 Å². The van der Waals surface area contributed by atoms with Crippen LogP contribution in [-0.2, 0) is 32.3 Å². The Bertz CT molecular complexity index is 1190. The van der Waals surface area contributed by atoms with Crippen LogP contribution in [0.1, 0.15) is 24.0 Å². The molecule has 0 saturated heterocycles. The Balaban J connectivity index is 1.58. The van der Waals surface area contributed by atoms with E-state index in [1.807, 2.05) is 77.7 Å². The molecule has 1 atom stereocenters. The summed E-state index contributed by atoms with van der Waals surface area (Å²) in [4.78, 5) is 40.1. The highest BCUT2D eigenvalue weighted by Crippen LogP contribution is 2.18. The molecule has 2 N–H and O–H groups in total. The van der Waals surface area contributed by atoms with Crippen molar-refractivity contribution in [3.8, 4) is 0 Å². The second-order valence-corrected chi connectivity index (χ2v) is 9.60. The predicted octanol–water partition coefficient (Wildman–Crippen LogP) is 5.73. The third-order valence-corrected chi connectivity index (χ3v) is 6.23. The molecule has 0 saturated carbocycles. The molecule has 0 radical (unpaired) electrons. The highest BCUT2D eigenvalue weighted by Gasteiger charge is 2.24. The number of hydrogen-bond donors (Lipinski definition) is 2. The number of anilines is 2. The van der Waals surface area contributed by atoms with Crippen LogP contribution in [0.15, 0.2) is 84.9 Å². The average molecular weight is 587 g/mol. The highest BCUT2D eigenvalue weighted by atomic mass is 35.5. The fourth-order valence-corrected chi connectivity index (χ4v) is 4.21. The van der Waals surface area contributed by atoms with Gasteiger partial charge in [-0.2, -0.15) is 0 Å². The summed E-state index contributed by atoms with van der Waals surface area (Å²) in [7, 11) is 0. The van der Waals surface area contributed by atoms with E-state index in [1.54, 1.807) is 12.1 Å². The Morgan fingerprint density at radius 1 is 0.750 bits per heavy atom. The maximum absolute atomic E-state index is 12.9. The molecular weight excluding hydrogens is 553 g/mol. The smallest absolute Gasteiger partial charge is 0.329 e. The molecule has 0 spiro atoms. The van der Waals surface area contributed by atoms with Gasteiger partial charge in [0.1, 0.15) is 19.3 Å². The van der Waals surface area contributed by atoms with Crippen LogP contribution in [0.3, 0.4) is 0 Å². The number of carbonyl (C=O) groups is 3. The summed E-state index contributed by atoms with van der Waals surface area (Å²) in [6.07, 6.45) is -0.0662. The zero-order valence-electron chi connectivity index (χ0n) is 22.1. The van der Waals surface area contributed by atoms with E-state index < -0.39 is 24.0 Å². The maximum atomic E-state index is 12.9. The monoisotopic (exact) mass is 585 g/mol. The van der Waals surface area contributed by atoms with Gasteiger partial charge in [-0.1, -0.05) is 60.7 Å². The molecule has 3 aromatic carbocycles. The second kappa shape index (κ2) is 17.0. The largest absolute Gasteiger partial charge is 0.461 e. The number of ether oxygens (including phenoxy) is 2. The minimum absolute atomic E-state index is 0.0133. The number of nitrogens with zero attached hydrogens (tertiary/aromatic N) is 1. The lowest BCUT2D eigenvalue weighted by atomic mass is 10.1. The number of esters is 2. The van der Waals surface area contributed by atoms with Gasteiger partial charge in [0.05, 0.1) is 0 Å². The van der Waals surface area contributed by atoms with Gasteiger partial charge in [-0.05, 0) is 41.8 Å². The van der Waals surface area contributed by atoms with Crippen molar-refractivity contribution >= 4 is 52.5 Å². The van der Waals surface area contributed by atoms with Crippen molar-refractivity contribution < 1.29 is 23.9 Å². The lowest BCUT2D eigenvalue weighted by Gasteiger charge is -2.23. The number of benzene rings is 3. The summed E-state index contributed by atoms with van der Waals surface area (Å²) in [5.41, 5.74) is 3.10. The minimum atomic E-state index is -1.06. The first-order chi connectivity index (χ1) is 19.5. The third kappa shape index (κ3) is 10.8. The normalized spacial score (nSPS) is 11.2. The summed E-state index contributed by atoms with van der Waals surface area (Å²) in [5, 5.41) is 5.35. The highest BCUT2D eigenvalue weighted by molar-refractivity contribution is 6.18. The van der Waals surface area contributed by atoms with Gasteiger partial charge in [-0.25, -0.2) is 9.59 Å². The maximum Gasteiger partial charge on any atom is 0.329 e. The Morgan fingerprint density at radius 3 is 1.85 bits per heavy atom. The Labute approximate surface area is 244 Å². The van der Waals surface area contributed by atoms with Crippen LogP contribution in [0.4, 0.5) is 16.2 Å². The first-order valence-corrected chi connectivity index (χ1v) is 14.0. The lowest BCUT2D eigenvalue weighted by Crippen LogP contribution is -2.44. The van der Waals surface area contributed by atoms with E-state index in [1.165, 1.54) is 0 Å².